The summed E-state index contributed by atoms with van der Waals surface area (Å²) >= 11 is 0. The van der Waals surface area contributed by atoms with Crippen LogP contribution in [0.5, 0.6) is 0 Å². The highest BCUT2D eigenvalue weighted by molar-refractivity contribution is 5.36. The Morgan fingerprint density at radius 2 is 2.24 bits per heavy atom. The molecular weight excluding hydrogens is 210 g/mol. The zero-order chi connectivity index (χ0) is 12.1. The second-order valence-corrected chi connectivity index (χ2v) is 4.81. The minimum atomic E-state index is 0.449. The Morgan fingerprint density at radius 1 is 1.41 bits per heavy atom. The summed E-state index contributed by atoms with van der Waals surface area (Å²) in [6.07, 6.45) is 3.56. The maximum Gasteiger partial charge on any atom is 0.0625 e. The van der Waals surface area contributed by atoms with Crippen LogP contribution >= 0.6 is 0 Å². The van der Waals surface area contributed by atoms with Crippen LogP contribution in [-0.2, 0) is 11.2 Å². The first kappa shape index (κ1) is 12.6. The molecule has 0 fully saturated rings. The summed E-state index contributed by atoms with van der Waals surface area (Å²) in [7, 11) is 2.04. The minimum absolute atomic E-state index is 0.449. The Kier molecular flexibility index (Phi) is 4.57. The molecule has 2 rings (SSSR count). The van der Waals surface area contributed by atoms with E-state index < -0.39 is 0 Å². The van der Waals surface area contributed by atoms with Crippen molar-refractivity contribution < 1.29 is 4.74 Å². The van der Waals surface area contributed by atoms with Crippen LogP contribution < -0.4 is 5.32 Å². The van der Waals surface area contributed by atoms with Crippen molar-refractivity contribution >= 4 is 0 Å². The maximum absolute atomic E-state index is 5.70. The summed E-state index contributed by atoms with van der Waals surface area (Å²) in [5.74, 6) is 0.619. The van der Waals surface area contributed by atoms with Crippen molar-refractivity contribution in [3.05, 3.63) is 35.4 Å². The molecule has 0 radical (unpaired) electrons. The van der Waals surface area contributed by atoms with Crippen LogP contribution in [-0.4, -0.2) is 26.3 Å². The van der Waals surface area contributed by atoms with E-state index in [1.54, 1.807) is 0 Å². The van der Waals surface area contributed by atoms with Gasteiger partial charge in [-0.1, -0.05) is 31.2 Å². The van der Waals surface area contributed by atoms with Crippen LogP contribution in [0.1, 0.15) is 36.8 Å². The average Bonchev–Trinajstić information content (AvgIpc) is 2.79. The van der Waals surface area contributed by atoms with Crippen molar-refractivity contribution in [2.45, 2.75) is 38.1 Å². The second kappa shape index (κ2) is 6.18. The SMILES string of the molecule is CCCOCC(NC)C1CCc2ccccc21. The number of rotatable bonds is 6. The molecule has 94 valence electrons. The lowest BCUT2D eigenvalue weighted by Crippen LogP contribution is -2.35. The molecule has 0 aliphatic heterocycles. The molecule has 2 nitrogen and oxygen atoms in total. The fourth-order valence-corrected chi connectivity index (χ4v) is 2.76. The Balaban J connectivity index is 2.01. The van der Waals surface area contributed by atoms with Gasteiger partial charge in [-0.25, -0.2) is 0 Å². The van der Waals surface area contributed by atoms with Crippen molar-refractivity contribution in [1.82, 2.24) is 5.32 Å². The number of ether oxygens (including phenoxy) is 1. The molecule has 1 aromatic carbocycles. The van der Waals surface area contributed by atoms with Crippen LogP contribution in [0.2, 0.25) is 0 Å². The summed E-state index contributed by atoms with van der Waals surface area (Å²) in [5, 5.41) is 3.42. The average molecular weight is 233 g/mol. The molecule has 1 aromatic rings. The molecule has 1 N–H and O–H groups in total. The van der Waals surface area contributed by atoms with Gasteiger partial charge in [0.1, 0.15) is 0 Å². The number of nitrogens with one attached hydrogen (secondary N) is 1. The molecule has 0 amide bonds. The lowest BCUT2D eigenvalue weighted by atomic mass is 9.94. The van der Waals surface area contributed by atoms with Gasteiger partial charge in [0.25, 0.3) is 0 Å². The van der Waals surface area contributed by atoms with Crippen LogP contribution in [0.15, 0.2) is 24.3 Å². The van der Waals surface area contributed by atoms with E-state index in [9.17, 15) is 0 Å². The van der Waals surface area contributed by atoms with Crippen molar-refractivity contribution in [2.75, 3.05) is 20.3 Å². The minimum Gasteiger partial charge on any atom is -0.380 e. The first-order chi connectivity index (χ1) is 8.36. The van der Waals surface area contributed by atoms with Gasteiger partial charge in [-0.3, -0.25) is 0 Å². The van der Waals surface area contributed by atoms with Crippen LogP contribution in [0.25, 0.3) is 0 Å². The third kappa shape index (κ3) is 2.88. The highest BCUT2D eigenvalue weighted by atomic mass is 16.5. The lowest BCUT2D eigenvalue weighted by molar-refractivity contribution is 0.106. The summed E-state index contributed by atoms with van der Waals surface area (Å²) in [6, 6.07) is 9.27. The van der Waals surface area contributed by atoms with Gasteiger partial charge in [0.05, 0.1) is 6.61 Å². The first-order valence-corrected chi connectivity index (χ1v) is 6.69. The Morgan fingerprint density at radius 3 is 3.00 bits per heavy atom. The molecule has 0 heterocycles. The van der Waals surface area contributed by atoms with Crippen molar-refractivity contribution in [1.29, 1.82) is 0 Å². The van der Waals surface area contributed by atoms with Gasteiger partial charge in [0.2, 0.25) is 0 Å². The summed E-state index contributed by atoms with van der Waals surface area (Å²) in [4.78, 5) is 0. The topological polar surface area (TPSA) is 21.3 Å². The van der Waals surface area contributed by atoms with Gasteiger partial charge in [-0.2, -0.15) is 0 Å². The van der Waals surface area contributed by atoms with Gasteiger partial charge >= 0.3 is 0 Å². The molecule has 0 aromatic heterocycles. The van der Waals surface area contributed by atoms with Gasteiger partial charge in [0.15, 0.2) is 0 Å². The normalized spacial score (nSPS) is 20.2. The number of likely N-dealkylation sites (N-methyl/N-ethyl adjacent to an activating group) is 1. The highest BCUT2D eigenvalue weighted by Gasteiger charge is 2.28. The molecule has 17 heavy (non-hydrogen) atoms. The van der Waals surface area contributed by atoms with Crippen LogP contribution in [0, 0.1) is 0 Å². The van der Waals surface area contributed by atoms with E-state index in [0.29, 0.717) is 12.0 Å². The Hall–Kier alpha value is -0.860. The van der Waals surface area contributed by atoms with E-state index in [-0.39, 0.29) is 0 Å². The second-order valence-electron chi connectivity index (χ2n) is 4.81. The van der Waals surface area contributed by atoms with Crippen molar-refractivity contribution in [3.8, 4) is 0 Å². The number of fused-ring (bicyclic) bond motifs is 1. The van der Waals surface area contributed by atoms with Gasteiger partial charge in [0, 0.05) is 18.6 Å². The predicted molar refractivity (Wildman–Crippen MR) is 71.5 cm³/mol. The molecule has 1 aliphatic rings. The third-order valence-corrected chi connectivity index (χ3v) is 3.68. The Labute approximate surface area is 104 Å². The number of hydrogen-bond acceptors (Lipinski definition) is 2. The quantitative estimate of drug-likeness (QED) is 0.763. The van der Waals surface area contributed by atoms with Gasteiger partial charge in [-0.15, -0.1) is 0 Å². The smallest absolute Gasteiger partial charge is 0.0625 e. The zero-order valence-corrected chi connectivity index (χ0v) is 10.9. The van der Waals surface area contributed by atoms with E-state index in [4.69, 9.17) is 4.74 Å². The monoisotopic (exact) mass is 233 g/mol. The fourth-order valence-electron chi connectivity index (χ4n) is 2.76. The standard InChI is InChI=1S/C15H23NO/c1-3-10-17-11-15(16-2)14-9-8-12-6-4-5-7-13(12)14/h4-7,14-16H,3,8-11H2,1-2H3. The van der Waals surface area contributed by atoms with Gasteiger partial charge in [-0.05, 0) is 37.4 Å². The molecule has 2 heteroatoms. The molecule has 0 saturated carbocycles. The third-order valence-electron chi connectivity index (χ3n) is 3.68. The molecule has 2 atom stereocenters. The zero-order valence-electron chi connectivity index (χ0n) is 10.9. The molecular formula is C15H23NO. The summed E-state index contributed by atoms with van der Waals surface area (Å²) in [6.45, 7) is 3.84. The van der Waals surface area contributed by atoms with Gasteiger partial charge < -0.3 is 10.1 Å². The van der Waals surface area contributed by atoms with E-state index in [0.717, 1.165) is 19.6 Å². The summed E-state index contributed by atoms with van der Waals surface area (Å²) < 4.78 is 5.70. The molecule has 0 spiro atoms. The fraction of sp³-hybridized carbons (Fsp3) is 0.600. The number of hydrogen-bond donors (Lipinski definition) is 1. The first-order valence-electron chi connectivity index (χ1n) is 6.69. The molecule has 1 aliphatic carbocycles. The van der Waals surface area contributed by atoms with E-state index in [2.05, 4.69) is 36.5 Å². The predicted octanol–water partition coefficient (Wildman–Crippen LogP) is 2.73. The van der Waals surface area contributed by atoms with E-state index in [1.807, 2.05) is 7.05 Å². The Bertz CT molecular complexity index is 351. The highest BCUT2D eigenvalue weighted by Crippen LogP contribution is 2.35. The van der Waals surface area contributed by atoms with E-state index >= 15 is 0 Å². The summed E-state index contributed by atoms with van der Waals surface area (Å²) in [5.41, 5.74) is 3.04. The molecule has 0 bridgehead atoms. The number of aryl methyl sites for hydroxylation is 1. The maximum atomic E-state index is 5.70. The largest absolute Gasteiger partial charge is 0.380 e. The van der Waals surface area contributed by atoms with Crippen LogP contribution in [0.4, 0.5) is 0 Å². The van der Waals surface area contributed by atoms with Crippen molar-refractivity contribution in [3.63, 3.8) is 0 Å². The van der Waals surface area contributed by atoms with E-state index in [1.165, 1.54) is 24.0 Å². The van der Waals surface area contributed by atoms with Crippen molar-refractivity contribution in [2.24, 2.45) is 0 Å². The molecule has 2 unspecified atom stereocenters. The number of benzene rings is 1. The molecule has 0 saturated heterocycles. The lowest BCUT2D eigenvalue weighted by Gasteiger charge is -2.24. The van der Waals surface area contributed by atoms with Crippen LogP contribution in [0.3, 0.4) is 0 Å².